The van der Waals surface area contributed by atoms with Crippen LogP contribution >= 0.6 is 11.6 Å². The van der Waals surface area contributed by atoms with Gasteiger partial charge in [-0.1, -0.05) is 16.8 Å². The molecule has 2 N–H and O–H groups in total. The predicted octanol–water partition coefficient (Wildman–Crippen LogP) is 3.13. The average molecular weight is 338 g/mol. The Morgan fingerprint density at radius 2 is 1.96 bits per heavy atom. The van der Waals surface area contributed by atoms with E-state index in [4.69, 9.17) is 16.1 Å². The zero-order valence-corrected chi connectivity index (χ0v) is 12.9. The van der Waals surface area contributed by atoms with Gasteiger partial charge in [0.2, 0.25) is 11.8 Å². The molecule has 0 bridgehead atoms. The topological polar surface area (TPSA) is 84.2 Å². The Labute approximate surface area is 136 Å². The molecule has 1 aliphatic carbocycles. The van der Waals surface area contributed by atoms with Gasteiger partial charge >= 0.3 is 0 Å². The van der Waals surface area contributed by atoms with Crippen molar-refractivity contribution < 1.29 is 18.5 Å². The van der Waals surface area contributed by atoms with Gasteiger partial charge in [-0.25, -0.2) is 4.39 Å². The van der Waals surface area contributed by atoms with Gasteiger partial charge in [-0.3, -0.25) is 9.59 Å². The van der Waals surface area contributed by atoms with Crippen LogP contribution in [0.1, 0.15) is 18.6 Å². The Hall–Kier alpha value is -2.41. The maximum absolute atomic E-state index is 13.1. The quantitative estimate of drug-likeness (QED) is 0.839. The summed E-state index contributed by atoms with van der Waals surface area (Å²) in [7, 11) is 0. The third kappa shape index (κ3) is 3.05. The smallest absolute Gasteiger partial charge is 0.241 e. The molecule has 1 fully saturated rings. The highest BCUT2D eigenvalue weighted by atomic mass is 35.5. The van der Waals surface area contributed by atoms with Crippen molar-refractivity contribution in [2.45, 2.75) is 19.8 Å². The van der Waals surface area contributed by atoms with E-state index in [0.29, 0.717) is 24.3 Å². The molecule has 23 heavy (non-hydrogen) atoms. The number of rotatable bonds is 4. The van der Waals surface area contributed by atoms with Gasteiger partial charge < -0.3 is 15.2 Å². The average Bonchev–Trinajstić information content (AvgIpc) is 3.22. The molecule has 120 valence electrons. The van der Waals surface area contributed by atoms with Crippen molar-refractivity contribution in [3.8, 4) is 0 Å². The number of anilines is 2. The van der Waals surface area contributed by atoms with E-state index in [1.165, 1.54) is 12.1 Å². The van der Waals surface area contributed by atoms with Crippen LogP contribution in [0.2, 0.25) is 5.02 Å². The molecule has 1 saturated carbocycles. The molecular weight excluding hydrogens is 325 g/mol. The van der Waals surface area contributed by atoms with E-state index in [-0.39, 0.29) is 10.8 Å². The second-order valence-electron chi connectivity index (χ2n) is 5.44. The molecule has 1 aliphatic rings. The molecule has 0 unspecified atom stereocenters. The van der Waals surface area contributed by atoms with E-state index in [9.17, 15) is 14.0 Å². The normalized spacial score (nSPS) is 15.1. The molecule has 6 nitrogen and oxygen atoms in total. The van der Waals surface area contributed by atoms with Crippen LogP contribution < -0.4 is 10.6 Å². The number of carbonyl (C=O) groups is 2. The first-order valence-corrected chi connectivity index (χ1v) is 7.30. The summed E-state index contributed by atoms with van der Waals surface area (Å²) in [6.45, 7) is 1.69. The molecule has 0 atom stereocenters. The summed E-state index contributed by atoms with van der Waals surface area (Å²) in [6.07, 6.45) is 0.854. The SMILES string of the molecule is Cc1cc(NC(=O)C2(C(=O)Nc3ccc(F)c(Cl)c3)CC2)no1. The first-order chi connectivity index (χ1) is 10.9. The molecule has 1 heterocycles. The number of halogens is 2. The standard InChI is InChI=1S/C15H13ClFN3O3/c1-8-6-12(20-23-8)19-14(22)15(4-5-15)13(21)18-9-2-3-11(17)10(16)7-9/h2-3,6-7H,4-5H2,1H3,(H,18,21)(H,19,20,22). The van der Waals surface area contributed by atoms with Gasteiger partial charge in [0.05, 0.1) is 5.02 Å². The van der Waals surface area contributed by atoms with Crippen molar-refractivity contribution in [2.24, 2.45) is 5.41 Å². The van der Waals surface area contributed by atoms with Crippen molar-refractivity contribution in [2.75, 3.05) is 10.6 Å². The van der Waals surface area contributed by atoms with E-state index in [2.05, 4.69) is 15.8 Å². The third-order valence-electron chi connectivity index (χ3n) is 3.67. The maximum atomic E-state index is 13.1. The van der Waals surface area contributed by atoms with E-state index in [1.54, 1.807) is 13.0 Å². The molecule has 0 saturated heterocycles. The van der Waals surface area contributed by atoms with Crippen molar-refractivity contribution in [1.29, 1.82) is 0 Å². The maximum Gasteiger partial charge on any atom is 0.241 e. The van der Waals surface area contributed by atoms with Crippen LogP contribution in [0.4, 0.5) is 15.9 Å². The summed E-state index contributed by atoms with van der Waals surface area (Å²) in [6, 6.07) is 5.39. The lowest BCUT2D eigenvalue weighted by molar-refractivity contribution is -0.131. The first-order valence-electron chi connectivity index (χ1n) is 6.92. The summed E-state index contributed by atoms with van der Waals surface area (Å²) in [5, 5.41) is 8.71. The van der Waals surface area contributed by atoms with Crippen LogP contribution in [-0.4, -0.2) is 17.0 Å². The van der Waals surface area contributed by atoms with Crippen LogP contribution in [0.25, 0.3) is 0 Å². The van der Waals surface area contributed by atoms with Crippen molar-refractivity contribution in [3.63, 3.8) is 0 Å². The fourth-order valence-electron chi connectivity index (χ4n) is 2.17. The zero-order chi connectivity index (χ0) is 16.6. The van der Waals surface area contributed by atoms with Crippen molar-refractivity contribution >= 4 is 34.9 Å². The highest BCUT2D eigenvalue weighted by Gasteiger charge is 2.56. The molecule has 3 rings (SSSR count). The molecule has 1 aromatic heterocycles. The Balaban J connectivity index is 1.70. The first kappa shape index (κ1) is 15.5. The predicted molar refractivity (Wildman–Crippen MR) is 81.6 cm³/mol. The van der Waals surface area contributed by atoms with Gasteiger partial charge in [0.15, 0.2) is 5.82 Å². The molecule has 0 spiro atoms. The highest BCUT2D eigenvalue weighted by molar-refractivity contribution is 6.31. The number of nitrogens with one attached hydrogen (secondary N) is 2. The number of hydrogen-bond acceptors (Lipinski definition) is 4. The van der Waals surface area contributed by atoms with Gasteiger partial charge in [0.25, 0.3) is 0 Å². The fraction of sp³-hybridized carbons (Fsp3) is 0.267. The number of benzene rings is 1. The lowest BCUT2D eigenvalue weighted by atomic mass is 10.1. The Morgan fingerprint density at radius 1 is 1.26 bits per heavy atom. The Morgan fingerprint density at radius 3 is 2.52 bits per heavy atom. The van der Waals surface area contributed by atoms with Gasteiger partial charge in [-0.2, -0.15) is 0 Å². The van der Waals surface area contributed by atoms with Gasteiger partial charge in [-0.15, -0.1) is 0 Å². The number of carbonyl (C=O) groups excluding carboxylic acids is 2. The summed E-state index contributed by atoms with van der Waals surface area (Å²) >= 11 is 5.68. The fourth-order valence-corrected chi connectivity index (χ4v) is 2.35. The van der Waals surface area contributed by atoms with E-state index >= 15 is 0 Å². The number of amides is 2. The number of aromatic nitrogens is 1. The molecule has 0 aliphatic heterocycles. The second-order valence-corrected chi connectivity index (χ2v) is 5.85. The minimum absolute atomic E-state index is 0.102. The molecule has 8 heteroatoms. The summed E-state index contributed by atoms with van der Waals surface area (Å²) in [5.41, 5.74) is -0.814. The van der Waals surface area contributed by atoms with E-state index < -0.39 is 23.0 Å². The second kappa shape index (κ2) is 5.66. The minimum Gasteiger partial charge on any atom is -0.360 e. The number of hydrogen-bond donors (Lipinski definition) is 2. The zero-order valence-electron chi connectivity index (χ0n) is 12.2. The van der Waals surface area contributed by atoms with Crippen molar-refractivity contribution in [3.05, 3.63) is 40.9 Å². The van der Waals surface area contributed by atoms with Gasteiger partial charge in [-0.05, 0) is 38.0 Å². The number of aryl methyl sites for hydroxylation is 1. The molecule has 1 aromatic carbocycles. The van der Waals surface area contributed by atoms with Crippen LogP contribution in [-0.2, 0) is 9.59 Å². The van der Waals surface area contributed by atoms with E-state index in [1.807, 2.05) is 0 Å². The molecule has 2 amide bonds. The molecule has 2 aromatic rings. The minimum atomic E-state index is -1.15. The highest BCUT2D eigenvalue weighted by Crippen LogP contribution is 2.47. The van der Waals surface area contributed by atoms with Crippen LogP contribution in [0.5, 0.6) is 0 Å². The Bertz CT molecular complexity index is 786. The monoisotopic (exact) mass is 337 g/mol. The molecular formula is C15H13ClFN3O3. The lowest BCUT2D eigenvalue weighted by Crippen LogP contribution is -2.35. The molecule has 0 radical (unpaired) electrons. The number of nitrogens with zero attached hydrogens (tertiary/aromatic N) is 1. The third-order valence-corrected chi connectivity index (χ3v) is 3.96. The van der Waals surface area contributed by atoms with Crippen LogP contribution in [0.15, 0.2) is 28.8 Å². The van der Waals surface area contributed by atoms with E-state index in [0.717, 1.165) is 6.07 Å². The van der Waals surface area contributed by atoms with Gasteiger partial charge in [0, 0.05) is 11.8 Å². The summed E-state index contributed by atoms with van der Waals surface area (Å²) in [5.74, 6) is -0.675. The largest absolute Gasteiger partial charge is 0.360 e. The van der Waals surface area contributed by atoms with Crippen LogP contribution in [0, 0.1) is 18.2 Å². The summed E-state index contributed by atoms with van der Waals surface area (Å²) < 4.78 is 18.0. The Kier molecular flexibility index (Phi) is 3.81. The van der Waals surface area contributed by atoms with Crippen molar-refractivity contribution in [1.82, 2.24) is 5.16 Å². The van der Waals surface area contributed by atoms with Crippen LogP contribution in [0.3, 0.4) is 0 Å². The van der Waals surface area contributed by atoms with Gasteiger partial charge in [0.1, 0.15) is 17.0 Å². The summed E-state index contributed by atoms with van der Waals surface area (Å²) in [4.78, 5) is 24.7. The lowest BCUT2D eigenvalue weighted by Gasteiger charge is -2.14.